The van der Waals surface area contributed by atoms with Gasteiger partial charge in [0.25, 0.3) is 15.9 Å². The zero-order chi connectivity index (χ0) is 15.5. The molecule has 1 aromatic rings. The van der Waals surface area contributed by atoms with Crippen molar-refractivity contribution in [2.24, 2.45) is 5.92 Å². The quantitative estimate of drug-likeness (QED) is 0.867. The van der Waals surface area contributed by atoms with Crippen molar-refractivity contribution >= 4 is 15.9 Å². The van der Waals surface area contributed by atoms with Crippen LogP contribution in [0.5, 0.6) is 0 Å². The van der Waals surface area contributed by atoms with Gasteiger partial charge in [0.05, 0.1) is 0 Å². The van der Waals surface area contributed by atoms with Crippen LogP contribution in [0.4, 0.5) is 0 Å². The van der Waals surface area contributed by atoms with Crippen molar-refractivity contribution in [1.82, 2.24) is 9.62 Å². The molecule has 6 nitrogen and oxygen atoms in total. The molecule has 20 heavy (non-hydrogen) atoms. The molecule has 0 aliphatic rings. The summed E-state index contributed by atoms with van der Waals surface area (Å²) >= 11 is 0. The smallest absolute Gasteiger partial charge is 0.289 e. The average molecular weight is 302 g/mol. The summed E-state index contributed by atoms with van der Waals surface area (Å²) in [5, 5.41) is -0.256. The second kappa shape index (κ2) is 6.41. The summed E-state index contributed by atoms with van der Waals surface area (Å²) in [7, 11) is -0.691. The van der Waals surface area contributed by atoms with Gasteiger partial charge in [0.15, 0.2) is 5.76 Å². The van der Waals surface area contributed by atoms with Gasteiger partial charge in [-0.25, -0.2) is 13.1 Å². The zero-order valence-electron chi connectivity index (χ0n) is 12.5. The molecule has 0 fully saturated rings. The Morgan fingerprint density at radius 3 is 2.45 bits per heavy atom. The summed E-state index contributed by atoms with van der Waals surface area (Å²) in [6.07, 6.45) is 0.866. The molecule has 114 valence electrons. The summed E-state index contributed by atoms with van der Waals surface area (Å²) < 4.78 is 30.4. The van der Waals surface area contributed by atoms with Crippen molar-refractivity contribution in [1.29, 1.82) is 0 Å². The van der Waals surface area contributed by atoms with Crippen LogP contribution in [0.3, 0.4) is 0 Å². The molecule has 0 aliphatic heterocycles. The molecule has 0 saturated carbocycles. The number of hydrogen-bond donors (Lipinski definition) is 1. The van der Waals surface area contributed by atoms with Crippen molar-refractivity contribution in [2.45, 2.75) is 38.3 Å². The second-order valence-electron chi connectivity index (χ2n) is 5.22. The van der Waals surface area contributed by atoms with E-state index >= 15 is 0 Å². The van der Waals surface area contributed by atoms with E-state index in [0.29, 0.717) is 5.92 Å². The minimum absolute atomic E-state index is 0.0249. The number of rotatable bonds is 6. The van der Waals surface area contributed by atoms with Crippen LogP contribution in [0.2, 0.25) is 0 Å². The third-order valence-corrected chi connectivity index (χ3v) is 4.41. The topological polar surface area (TPSA) is 79.6 Å². The Bertz CT molecular complexity index is 563. The molecule has 7 heteroatoms. The maximum atomic E-state index is 12.2. The number of furan rings is 1. The monoisotopic (exact) mass is 302 g/mol. The molecule has 0 aliphatic carbocycles. The number of amides is 1. The van der Waals surface area contributed by atoms with E-state index in [1.54, 1.807) is 11.9 Å². The Morgan fingerprint density at radius 1 is 1.35 bits per heavy atom. The summed E-state index contributed by atoms with van der Waals surface area (Å²) in [5.74, 6) is 0.171. The number of hydrogen-bond acceptors (Lipinski definition) is 4. The van der Waals surface area contributed by atoms with Gasteiger partial charge in [-0.3, -0.25) is 4.79 Å². The first-order valence-corrected chi connectivity index (χ1v) is 7.98. The molecule has 0 aromatic carbocycles. The number of nitrogens with one attached hydrogen (secondary N) is 1. The highest BCUT2D eigenvalue weighted by atomic mass is 32.2. The minimum Gasteiger partial charge on any atom is -0.438 e. The van der Waals surface area contributed by atoms with Gasteiger partial charge in [0.1, 0.15) is 0 Å². The lowest BCUT2D eigenvalue weighted by Crippen LogP contribution is -2.35. The van der Waals surface area contributed by atoms with Crippen LogP contribution in [0.1, 0.15) is 37.7 Å². The van der Waals surface area contributed by atoms with Gasteiger partial charge in [-0.15, -0.1) is 0 Å². The van der Waals surface area contributed by atoms with E-state index in [1.165, 1.54) is 19.2 Å². The van der Waals surface area contributed by atoms with Gasteiger partial charge >= 0.3 is 0 Å². The Balaban J connectivity index is 2.88. The maximum absolute atomic E-state index is 12.2. The standard InChI is InChI=1S/C13H22N2O4S/c1-9(2)8-10(3)15(5)13(16)11-6-7-12(19-11)20(17,18)14-4/h6-7,9-10,14H,8H2,1-5H3/t10-/m1/s1. The maximum Gasteiger partial charge on any atom is 0.289 e. The van der Waals surface area contributed by atoms with E-state index in [2.05, 4.69) is 18.6 Å². The van der Waals surface area contributed by atoms with Crippen molar-refractivity contribution in [3.05, 3.63) is 17.9 Å². The largest absolute Gasteiger partial charge is 0.438 e. The molecule has 0 bridgehead atoms. The van der Waals surface area contributed by atoms with E-state index in [4.69, 9.17) is 4.42 Å². The Morgan fingerprint density at radius 2 is 1.95 bits per heavy atom. The van der Waals surface area contributed by atoms with Gasteiger partial charge in [-0.1, -0.05) is 13.8 Å². The van der Waals surface area contributed by atoms with E-state index in [-0.39, 0.29) is 22.8 Å². The number of carbonyl (C=O) groups excluding carboxylic acids is 1. The molecule has 0 spiro atoms. The first kappa shape index (κ1) is 16.7. The number of sulfonamides is 1. The van der Waals surface area contributed by atoms with Gasteiger partial charge in [0, 0.05) is 13.1 Å². The van der Waals surface area contributed by atoms with Gasteiger partial charge in [0.2, 0.25) is 5.09 Å². The van der Waals surface area contributed by atoms with E-state index in [9.17, 15) is 13.2 Å². The highest BCUT2D eigenvalue weighted by Crippen LogP contribution is 2.17. The molecule has 0 saturated heterocycles. The number of carbonyl (C=O) groups is 1. The fourth-order valence-corrected chi connectivity index (χ4v) is 2.54. The van der Waals surface area contributed by atoms with E-state index in [1.807, 2.05) is 6.92 Å². The normalized spacial score (nSPS) is 13.5. The lowest BCUT2D eigenvalue weighted by molar-refractivity contribution is 0.0690. The van der Waals surface area contributed by atoms with Gasteiger partial charge in [-0.2, -0.15) is 0 Å². The number of nitrogens with zero attached hydrogens (tertiary/aromatic N) is 1. The highest BCUT2D eigenvalue weighted by molar-refractivity contribution is 7.89. The summed E-state index contributed by atoms with van der Waals surface area (Å²) in [4.78, 5) is 13.8. The molecule has 1 N–H and O–H groups in total. The van der Waals surface area contributed by atoms with Crippen molar-refractivity contribution < 1.29 is 17.6 Å². The molecule has 0 unspecified atom stereocenters. The highest BCUT2D eigenvalue weighted by Gasteiger charge is 2.24. The fourth-order valence-electron chi connectivity index (χ4n) is 1.89. The van der Waals surface area contributed by atoms with E-state index in [0.717, 1.165) is 6.42 Å². The predicted molar refractivity (Wildman–Crippen MR) is 76.0 cm³/mol. The van der Waals surface area contributed by atoms with Crippen LogP contribution in [-0.2, 0) is 10.0 Å². The molecular weight excluding hydrogens is 280 g/mol. The Kier molecular flexibility index (Phi) is 5.35. The van der Waals surface area contributed by atoms with Crippen molar-refractivity contribution in [3.8, 4) is 0 Å². The first-order chi connectivity index (χ1) is 9.19. The average Bonchev–Trinajstić information content (AvgIpc) is 2.86. The summed E-state index contributed by atoms with van der Waals surface area (Å²) in [5.41, 5.74) is 0. The Labute approximate surface area is 120 Å². The predicted octanol–water partition coefficient (Wildman–Crippen LogP) is 1.69. The fraction of sp³-hybridized carbons (Fsp3) is 0.615. The SMILES string of the molecule is CNS(=O)(=O)c1ccc(C(=O)N(C)[C@H](C)CC(C)C)o1. The van der Waals surface area contributed by atoms with Crippen molar-refractivity contribution in [3.63, 3.8) is 0 Å². The van der Waals surface area contributed by atoms with Crippen molar-refractivity contribution in [2.75, 3.05) is 14.1 Å². The third-order valence-electron chi connectivity index (χ3n) is 3.12. The lowest BCUT2D eigenvalue weighted by Gasteiger charge is -2.25. The summed E-state index contributed by atoms with van der Waals surface area (Å²) in [6, 6.07) is 2.71. The minimum atomic E-state index is -3.66. The molecule has 1 rings (SSSR count). The first-order valence-electron chi connectivity index (χ1n) is 6.49. The molecule has 1 atom stereocenters. The van der Waals surface area contributed by atoms with Gasteiger partial charge in [-0.05, 0) is 38.4 Å². The lowest BCUT2D eigenvalue weighted by atomic mass is 10.0. The molecule has 1 aromatic heterocycles. The molecule has 1 heterocycles. The third kappa shape index (κ3) is 3.83. The van der Waals surface area contributed by atoms with Crippen LogP contribution < -0.4 is 4.72 Å². The van der Waals surface area contributed by atoms with Crippen LogP contribution in [-0.4, -0.2) is 39.4 Å². The van der Waals surface area contributed by atoms with Crippen LogP contribution >= 0.6 is 0 Å². The van der Waals surface area contributed by atoms with Gasteiger partial charge < -0.3 is 9.32 Å². The van der Waals surface area contributed by atoms with Crippen LogP contribution in [0, 0.1) is 5.92 Å². The molecule has 0 radical (unpaired) electrons. The molecular formula is C13H22N2O4S. The second-order valence-corrected chi connectivity index (χ2v) is 7.04. The van der Waals surface area contributed by atoms with E-state index < -0.39 is 10.0 Å². The zero-order valence-corrected chi connectivity index (χ0v) is 13.3. The molecule has 1 amide bonds. The van der Waals surface area contributed by atoms with Crippen LogP contribution in [0.25, 0.3) is 0 Å². The Hall–Kier alpha value is -1.34. The summed E-state index contributed by atoms with van der Waals surface area (Å²) in [6.45, 7) is 6.12. The van der Waals surface area contributed by atoms with Crippen LogP contribution in [0.15, 0.2) is 21.6 Å².